The van der Waals surface area contributed by atoms with Gasteiger partial charge in [-0.25, -0.2) is 0 Å². The lowest BCUT2D eigenvalue weighted by Crippen LogP contribution is -2.35. The van der Waals surface area contributed by atoms with Crippen LogP contribution in [-0.2, 0) is 11.4 Å². The average molecular weight is 304 g/mol. The minimum atomic E-state index is -0.485. The first kappa shape index (κ1) is 16.0. The van der Waals surface area contributed by atoms with Crippen molar-refractivity contribution < 1.29 is 14.1 Å². The van der Waals surface area contributed by atoms with E-state index in [0.29, 0.717) is 29.6 Å². The molecule has 1 heterocycles. The van der Waals surface area contributed by atoms with Gasteiger partial charge in [-0.05, 0) is 37.6 Å². The number of benzene rings is 1. The van der Waals surface area contributed by atoms with E-state index >= 15 is 0 Å². The molecule has 7 heteroatoms. The van der Waals surface area contributed by atoms with E-state index in [1.54, 1.807) is 31.2 Å². The number of hydrogen-bond acceptors (Lipinski definition) is 6. The van der Waals surface area contributed by atoms with E-state index in [4.69, 9.17) is 15.0 Å². The Morgan fingerprint density at radius 1 is 1.41 bits per heavy atom. The summed E-state index contributed by atoms with van der Waals surface area (Å²) >= 11 is 0. The summed E-state index contributed by atoms with van der Waals surface area (Å²) in [5, 5.41) is 6.45. The third-order valence-electron chi connectivity index (χ3n) is 2.99. The van der Waals surface area contributed by atoms with Gasteiger partial charge < -0.3 is 20.3 Å². The van der Waals surface area contributed by atoms with E-state index in [-0.39, 0.29) is 12.5 Å². The van der Waals surface area contributed by atoms with Crippen molar-refractivity contribution >= 4 is 11.6 Å². The van der Waals surface area contributed by atoms with Crippen LogP contribution >= 0.6 is 0 Å². The van der Waals surface area contributed by atoms with Gasteiger partial charge in [-0.2, -0.15) is 4.98 Å². The monoisotopic (exact) mass is 304 g/mol. The fourth-order valence-corrected chi connectivity index (χ4v) is 1.86. The van der Waals surface area contributed by atoms with Crippen LogP contribution in [0.15, 0.2) is 28.8 Å². The molecule has 0 radical (unpaired) electrons. The Kier molecular flexibility index (Phi) is 5.48. The SMILES string of the molecule is CCCC(N)C(=O)Nc1ccc(OCc2nc(C)no2)cc1. The Hall–Kier alpha value is -2.41. The molecule has 1 amide bonds. The van der Waals surface area contributed by atoms with Crippen molar-refractivity contribution in [3.8, 4) is 5.75 Å². The summed E-state index contributed by atoms with van der Waals surface area (Å²) in [5.41, 5.74) is 6.44. The molecule has 0 saturated heterocycles. The number of nitrogens with zero attached hydrogens (tertiary/aromatic N) is 2. The quantitative estimate of drug-likeness (QED) is 0.811. The Balaban J connectivity index is 1.86. The number of aryl methyl sites for hydroxylation is 1. The molecule has 0 saturated carbocycles. The number of ether oxygens (including phenoxy) is 1. The number of carbonyl (C=O) groups excluding carboxylic acids is 1. The summed E-state index contributed by atoms with van der Waals surface area (Å²) in [5.74, 6) is 1.45. The van der Waals surface area contributed by atoms with Gasteiger partial charge in [-0.15, -0.1) is 0 Å². The lowest BCUT2D eigenvalue weighted by molar-refractivity contribution is -0.117. The lowest BCUT2D eigenvalue weighted by Gasteiger charge is -2.11. The van der Waals surface area contributed by atoms with Crippen molar-refractivity contribution in [3.05, 3.63) is 36.0 Å². The molecule has 0 aliphatic rings. The average Bonchev–Trinajstić information content (AvgIpc) is 2.92. The number of amides is 1. The summed E-state index contributed by atoms with van der Waals surface area (Å²) in [6.45, 7) is 3.94. The van der Waals surface area contributed by atoms with Crippen molar-refractivity contribution in [1.29, 1.82) is 0 Å². The van der Waals surface area contributed by atoms with Gasteiger partial charge >= 0.3 is 0 Å². The zero-order valence-electron chi connectivity index (χ0n) is 12.7. The van der Waals surface area contributed by atoms with Crippen LogP contribution in [0.25, 0.3) is 0 Å². The van der Waals surface area contributed by atoms with Gasteiger partial charge in [-0.3, -0.25) is 4.79 Å². The highest BCUT2D eigenvalue weighted by molar-refractivity contribution is 5.94. The second-order valence-electron chi connectivity index (χ2n) is 4.93. The van der Waals surface area contributed by atoms with Crippen molar-refractivity contribution in [2.45, 2.75) is 39.3 Å². The summed E-state index contributed by atoms with van der Waals surface area (Å²) in [6.07, 6.45) is 1.53. The first-order valence-corrected chi connectivity index (χ1v) is 7.17. The molecule has 1 aromatic carbocycles. The van der Waals surface area contributed by atoms with Crippen LogP contribution in [0.3, 0.4) is 0 Å². The second-order valence-corrected chi connectivity index (χ2v) is 4.93. The third kappa shape index (κ3) is 4.56. The molecule has 22 heavy (non-hydrogen) atoms. The van der Waals surface area contributed by atoms with Crippen molar-refractivity contribution in [2.75, 3.05) is 5.32 Å². The van der Waals surface area contributed by atoms with Crippen molar-refractivity contribution in [3.63, 3.8) is 0 Å². The van der Waals surface area contributed by atoms with Crippen LogP contribution in [-0.4, -0.2) is 22.1 Å². The van der Waals surface area contributed by atoms with Crippen LogP contribution in [0, 0.1) is 6.92 Å². The van der Waals surface area contributed by atoms with Crippen molar-refractivity contribution in [1.82, 2.24) is 10.1 Å². The minimum Gasteiger partial charge on any atom is -0.484 e. The summed E-state index contributed by atoms with van der Waals surface area (Å²) in [4.78, 5) is 15.9. The Morgan fingerprint density at radius 3 is 2.73 bits per heavy atom. The fraction of sp³-hybridized carbons (Fsp3) is 0.400. The molecule has 0 aliphatic heterocycles. The maximum absolute atomic E-state index is 11.8. The minimum absolute atomic E-state index is 0.183. The van der Waals surface area contributed by atoms with Crippen LogP contribution in [0.2, 0.25) is 0 Å². The molecular formula is C15H20N4O3. The van der Waals surface area contributed by atoms with Crippen molar-refractivity contribution in [2.24, 2.45) is 5.73 Å². The van der Waals surface area contributed by atoms with Gasteiger partial charge in [0.2, 0.25) is 5.91 Å². The van der Waals surface area contributed by atoms with Crippen LogP contribution < -0.4 is 15.8 Å². The van der Waals surface area contributed by atoms with Crippen LogP contribution in [0.5, 0.6) is 5.75 Å². The van der Waals surface area contributed by atoms with Gasteiger partial charge in [0, 0.05) is 5.69 Å². The van der Waals surface area contributed by atoms with E-state index in [1.807, 2.05) is 6.92 Å². The highest BCUT2D eigenvalue weighted by atomic mass is 16.5. The Bertz CT molecular complexity index is 610. The first-order valence-electron chi connectivity index (χ1n) is 7.17. The molecule has 0 spiro atoms. The number of anilines is 1. The van der Waals surface area contributed by atoms with Crippen LogP contribution in [0.4, 0.5) is 5.69 Å². The summed E-state index contributed by atoms with van der Waals surface area (Å²) in [7, 11) is 0. The van der Waals surface area contributed by atoms with Gasteiger partial charge in [0.05, 0.1) is 6.04 Å². The molecule has 3 N–H and O–H groups in total. The van der Waals surface area contributed by atoms with E-state index in [9.17, 15) is 4.79 Å². The number of nitrogens with two attached hydrogens (primary N) is 1. The molecule has 0 fully saturated rings. The highest BCUT2D eigenvalue weighted by Crippen LogP contribution is 2.17. The molecule has 2 rings (SSSR count). The van der Waals surface area contributed by atoms with E-state index in [0.717, 1.165) is 6.42 Å². The number of hydrogen-bond donors (Lipinski definition) is 2. The smallest absolute Gasteiger partial charge is 0.264 e. The van der Waals surface area contributed by atoms with Gasteiger partial charge in [0.25, 0.3) is 5.89 Å². The van der Waals surface area contributed by atoms with E-state index < -0.39 is 6.04 Å². The summed E-state index contributed by atoms with van der Waals surface area (Å²) in [6, 6.07) is 6.53. The first-order chi connectivity index (χ1) is 10.6. The maximum atomic E-state index is 11.8. The molecule has 1 unspecified atom stereocenters. The summed E-state index contributed by atoms with van der Waals surface area (Å²) < 4.78 is 10.5. The molecule has 0 aliphatic carbocycles. The fourth-order valence-electron chi connectivity index (χ4n) is 1.86. The standard InChI is InChI=1S/C15H20N4O3/c1-3-4-13(16)15(20)18-11-5-7-12(8-6-11)21-9-14-17-10(2)19-22-14/h5-8,13H,3-4,9,16H2,1-2H3,(H,18,20). The highest BCUT2D eigenvalue weighted by Gasteiger charge is 2.12. The topological polar surface area (TPSA) is 103 Å². The molecule has 0 bridgehead atoms. The molecule has 1 aromatic heterocycles. The Labute approximate surface area is 128 Å². The number of rotatable bonds is 7. The number of aromatic nitrogens is 2. The Morgan fingerprint density at radius 2 is 2.14 bits per heavy atom. The van der Waals surface area contributed by atoms with Gasteiger partial charge in [0.15, 0.2) is 12.4 Å². The lowest BCUT2D eigenvalue weighted by atomic mass is 10.1. The largest absolute Gasteiger partial charge is 0.484 e. The van der Waals surface area contributed by atoms with Gasteiger partial charge in [-0.1, -0.05) is 18.5 Å². The van der Waals surface area contributed by atoms with E-state index in [2.05, 4.69) is 15.5 Å². The number of nitrogens with one attached hydrogen (secondary N) is 1. The molecule has 7 nitrogen and oxygen atoms in total. The molecular weight excluding hydrogens is 284 g/mol. The maximum Gasteiger partial charge on any atom is 0.264 e. The predicted molar refractivity (Wildman–Crippen MR) is 81.3 cm³/mol. The third-order valence-corrected chi connectivity index (χ3v) is 2.99. The number of carbonyl (C=O) groups is 1. The molecule has 2 aromatic rings. The zero-order chi connectivity index (χ0) is 15.9. The second kappa shape index (κ2) is 7.56. The molecule has 118 valence electrons. The van der Waals surface area contributed by atoms with Gasteiger partial charge in [0.1, 0.15) is 5.75 Å². The predicted octanol–water partition coefficient (Wildman–Crippen LogP) is 2.02. The van der Waals surface area contributed by atoms with E-state index in [1.165, 1.54) is 0 Å². The normalized spacial score (nSPS) is 12.0. The molecule has 1 atom stereocenters. The zero-order valence-corrected chi connectivity index (χ0v) is 12.7. The van der Waals surface area contributed by atoms with Crippen LogP contribution in [0.1, 0.15) is 31.5 Å².